The Kier molecular flexibility index (Phi) is 4.71. The van der Waals surface area contributed by atoms with E-state index in [4.69, 9.17) is 5.11 Å². The van der Waals surface area contributed by atoms with Gasteiger partial charge in [-0.1, -0.05) is 6.07 Å². The maximum absolute atomic E-state index is 12.0. The first-order valence-electron chi connectivity index (χ1n) is 6.99. The molecule has 0 unspecified atom stereocenters. The Labute approximate surface area is 118 Å². The van der Waals surface area contributed by atoms with Crippen molar-refractivity contribution in [3.63, 3.8) is 0 Å². The molecule has 0 saturated heterocycles. The summed E-state index contributed by atoms with van der Waals surface area (Å²) in [5.41, 5.74) is 1.81. The number of nitrogens with one attached hydrogen (secondary N) is 1. The molecule has 0 aromatic carbocycles. The molecule has 20 heavy (non-hydrogen) atoms. The van der Waals surface area contributed by atoms with Gasteiger partial charge in [0.05, 0.1) is 12.3 Å². The predicted molar refractivity (Wildman–Crippen MR) is 74.2 cm³/mol. The van der Waals surface area contributed by atoms with Crippen LogP contribution in [0.1, 0.15) is 36.9 Å². The third kappa shape index (κ3) is 3.79. The van der Waals surface area contributed by atoms with Crippen LogP contribution in [0, 0.1) is 12.8 Å². The number of aryl methyl sites for hydroxylation is 1. The molecule has 1 heterocycles. The minimum Gasteiger partial charge on any atom is -0.481 e. The van der Waals surface area contributed by atoms with Crippen molar-refractivity contribution in [2.75, 3.05) is 0 Å². The highest BCUT2D eigenvalue weighted by Gasteiger charge is 2.26. The highest BCUT2D eigenvalue weighted by molar-refractivity contribution is 5.79. The lowest BCUT2D eigenvalue weighted by Gasteiger charge is -2.26. The second-order valence-electron chi connectivity index (χ2n) is 5.38. The molecular weight excluding hydrogens is 256 g/mol. The third-order valence-electron chi connectivity index (χ3n) is 3.91. The summed E-state index contributed by atoms with van der Waals surface area (Å²) in [4.78, 5) is 27.0. The van der Waals surface area contributed by atoms with Crippen molar-refractivity contribution in [2.24, 2.45) is 5.92 Å². The maximum Gasteiger partial charge on any atom is 0.306 e. The molecule has 0 radical (unpaired) electrons. The van der Waals surface area contributed by atoms with E-state index in [1.807, 2.05) is 19.1 Å². The first-order chi connectivity index (χ1) is 9.56. The summed E-state index contributed by atoms with van der Waals surface area (Å²) in [5, 5.41) is 11.9. The van der Waals surface area contributed by atoms with Crippen molar-refractivity contribution in [3.05, 3.63) is 29.6 Å². The SMILES string of the molecule is Cc1ncccc1CC(=O)NC1CCC(C(=O)O)CC1. The zero-order valence-corrected chi connectivity index (χ0v) is 11.6. The van der Waals surface area contributed by atoms with Gasteiger partial charge in [0.2, 0.25) is 5.91 Å². The molecule has 0 spiro atoms. The molecule has 1 aromatic heterocycles. The molecule has 1 aliphatic rings. The summed E-state index contributed by atoms with van der Waals surface area (Å²) < 4.78 is 0. The standard InChI is InChI=1S/C15H20N2O3/c1-10-12(3-2-8-16-10)9-14(18)17-13-6-4-11(5-7-13)15(19)20/h2-3,8,11,13H,4-7,9H2,1H3,(H,17,18)(H,19,20). The van der Waals surface area contributed by atoms with Gasteiger partial charge in [0.25, 0.3) is 0 Å². The van der Waals surface area contributed by atoms with E-state index in [2.05, 4.69) is 10.3 Å². The Morgan fingerprint density at radius 2 is 2.05 bits per heavy atom. The van der Waals surface area contributed by atoms with Gasteiger partial charge < -0.3 is 10.4 Å². The van der Waals surface area contributed by atoms with Crippen molar-refractivity contribution < 1.29 is 14.7 Å². The molecule has 0 bridgehead atoms. The molecule has 5 nitrogen and oxygen atoms in total. The minimum atomic E-state index is -0.722. The van der Waals surface area contributed by atoms with E-state index in [-0.39, 0.29) is 17.9 Å². The molecule has 1 saturated carbocycles. The Bertz CT molecular complexity index is 494. The Balaban J connectivity index is 1.81. The number of carbonyl (C=O) groups excluding carboxylic acids is 1. The van der Waals surface area contributed by atoms with Crippen LogP contribution in [0.2, 0.25) is 0 Å². The van der Waals surface area contributed by atoms with Gasteiger partial charge >= 0.3 is 5.97 Å². The zero-order chi connectivity index (χ0) is 14.5. The largest absolute Gasteiger partial charge is 0.481 e. The fourth-order valence-electron chi connectivity index (χ4n) is 2.64. The van der Waals surface area contributed by atoms with E-state index in [0.717, 1.165) is 24.1 Å². The number of carbonyl (C=O) groups is 2. The Morgan fingerprint density at radius 3 is 2.65 bits per heavy atom. The quantitative estimate of drug-likeness (QED) is 0.877. The van der Waals surface area contributed by atoms with Gasteiger partial charge in [-0.2, -0.15) is 0 Å². The fourth-order valence-corrected chi connectivity index (χ4v) is 2.64. The number of hydrogen-bond acceptors (Lipinski definition) is 3. The lowest BCUT2D eigenvalue weighted by molar-refractivity contribution is -0.142. The van der Waals surface area contributed by atoms with Gasteiger partial charge in [-0.15, -0.1) is 0 Å². The van der Waals surface area contributed by atoms with Crippen LogP contribution >= 0.6 is 0 Å². The van der Waals surface area contributed by atoms with Crippen molar-refractivity contribution in [3.8, 4) is 0 Å². The molecule has 0 aliphatic heterocycles. The van der Waals surface area contributed by atoms with E-state index in [0.29, 0.717) is 19.3 Å². The first kappa shape index (κ1) is 14.5. The van der Waals surface area contributed by atoms with Gasteiger partial charge in [0, 0.05) is 17.9 Å². The van der Waals surface area contributed by atoms with Crippen LogP contribution in [0.25, 0.3) is 0 Å². The zero-order valence-electron chi connectivity index (χ0n) is 11.6. The lowest BCUT2D eigenvalue weighted by Crippen LogP contribution is -2.39. The van der Waals surface area contributed by atoms with Crippen molar-refractivity contribution in [1.29, 1.82) is 0 Å². The molecule has 0 atom stereocenters. The molecule has 1 aromatic rings. The first-order valence-corrected chi connectivity index (χ1v) is 6.99. The fraction of sp³-hybridized carbons (Fsp3) is 0.533. The van der Waals surface area contributed by atoms with E-state index in [9.17, 15) is 9.59 Å². The van der Waals surface area contributed by atoms with Gasteiger partial charge in [-0.05, 0) is 44.2 Å². The molecule has 1 aliphatic carbocycles. The van der Waals surface area contributed by atoms with Gasteiger partial charge in [0.15, 0.2) is 0 Å². The molecule has 2 N–H and O–H groups in total. The predicted octanol–water partition coefficient (Wildman–Crippen LogP) is 1.69. The molecule has 5 heteroatoms. The van der Waals surface area contributed by atoms with Crippen LogP contribution in [0.5, 0.6) is 0 Å². The summed E-state index contributed by atoms with van der Waals surface area (Å²) in [7, 11) is 0. The third-order valence-corrected chi connectivity index (χ3v) is 3.91. The summed E-state index contributed by atoms with van der Waals surface area (Å²) in [5.74, 6) is -0.982. The average Bonchev–Trinajstić information content (AvgIpc) is 2.42. The van der Waals surface area contributed by atoms with E-state index in [1.165, 1.54) is 0 Å². The number of carboxylic acid groups (broad SMARTS) is 1. The van der Waals surface area contributed by atoms with Crippen LogP contribution in [0.4, 0.5) is 0 Å². The average molecular weight is 276 g/mol. The van der Waals surface area contributed by atoms with E-state index in [1.54, 1.807) is 6.20 Å². The topological polar surface area (TPSA) is 79.3 Å². The molecule has 1 amide bonds. The van der Waals surface area contributed by atoms with Gasteiger partial charge in [-0.25, -0.2) is 0 Å². The number of nitrogens with zero attached hydrogens (tertiary/aromatic N) is 1. The number of rotatable bonds is 4. The minimum absolute atomic E-state index is 0.0140. The van der Waals surface area contributed by atoms with E-state index < -0.39 is 5.97 Å². The highest BCUT2D eigenvalue weighted by atomic mass is 16.4. The summed E-state index contributed by atoms with van der Waals surface area (Å²) >= 11 is 0. The number of pyridine rings is 1. The highest BCUT2D eigenvalue weighted by Crippen LogP contribution is 2.24. The maximum atomic E-state index is 12.0. The molecule has 108 valence electrons. The molecule has 1 fully saturated rings. The molecular formula is C15H20N2O3. The van der Waals surface area contributed by atoms with E-state index >= 15 is 0 Å². The summed E-state index contributed by atoms with van der Waals surface area (Å²) in [6, 6.07) is 3.84. The van der Waals surface area contributed by atoms with Gasteiger partial charge in [-0.3, -0.25) is 14.6 Å². The summed E-state index contributed by atoms with van der Waals surface area (Å²) in [6.45, 7) is 1.89. The van der Waals surface area contributed by atoms with Crippen LogP contribution < -0.4 is 5.32 Å². The normalized spacial score (nSPS) is 22.2. The van der Waals surface area contributed by atoms with Crippen molar-refractivity contribution in [1.82, 2.24) is 10.3 Å². The van der Waals surface area contributed by atoms with Crippen LogP contribution in [0.3, 0.4) is 0 Å². The van der Waals surface area contributed by atoms with Crippen LogP contribution in [-0.2, 0) is 16.0 Å². The van der Waals surface area contributed by atoms with Crippen molar-refractivity contribution in [2.45, 2.75) is 45.1 Å². The van der Waals surface area contributed by atoms with Gasteiger partial charge in [0.1, 0.15) is 0 Å². The molecule has 2 rings (SSSR count). The lowest BCUT2D eigenvalue weighted by atomic mass is 9.86. The second-order valence-corrected chi connectivity index (χ2v) is 5.38. The number of amides is 1. The van der Waals surface area contributed by atoms with Crippen molar-refractivity contribution >= 4 is 11.9 Å². The number of aromatic nitrogens is 1. The van der Waals surface area contributed by atoms with Crippen LogP contribution in [-0.4, -0.2) is 28.0 Å². The number of hydrogen-bond donors (Lipinski definition) is 2. The van der Waals surface area contributed by atoms with Crippen LogP contribution in [0.15, 0.2) is 18.3 Å². The Morgan fingerprint density at radius 1 is 1.35 bits per heavy atom. The monoisotopic (exact) mass is 276 g/mol. The number of aliphatic carboxylic acids is 1. The smallest absolute Gasteiger partial charge is 0.306 e. The summed E-state index contributed by atoms with van der Waals surface area (Å²) in [6.07, 6.45) is 4.82. The Hall–Kier alpha value is -1.91. The number of carboxylic acids is 1. The second kappa shape index (κ2) is 6.50.